The Bertz CT molecular complexity index is 1080. The fourth-order valence-electron chi connectivity index (χ4n) is 3.59. The maximum Gasteiger partial charge on any atom is 0.269 e. The maximum atomic E-state index is 12.1. The van der Waals surface area contributed by atoms with E-state index in [-0.39, 0.29) is 18.7 Å². The van der Waals surface area contributed by atoms with Crippen LogP contribution in [0, 0.1) is 11.8 Å². The molecule has 0 spiro atoms. The second kappa shape index (κ2) is 6.92. The first-order valence-corrected chi connectivity index (χ1v) is 9.14. The third kappa shape index (κ3) is 3.12. The Balaban J connectivity index is 1.79. The first-order chi connectivity index (χ1) is 13.8. The number of benzene rings is 1. The van der Waals surface area contributed by atoms with E-state index in [1.165, 1.54) is 9.58 Å². The Morgan fingerprint density at radius 3 is 2.90 bits per heavy atom. The third-order valence-corrected chi connectivity index (χ3v) is 5.19. The molecule has 1 aromatic carbocycles. The number of carbonyl (C=O) groups is 2. The van der Waals surface area contributed by atoms with Gasteiger partial charge in [-0.1, -0.05) is 11.8 Å². The van der Waals surface area contributed by atoms with E-state index >= 15 is 0 Å². The molecule has 3 heterocycles. The highest BCUT2D eigenvalue weighted by Crippen LogP contribution is 2.31. The number of fused-ring (bicyclic) bond motifs is 3. The number of primary amides is 1. The highest BCUT2D eigenvalue weighted by Gasteiger charge is 2.42. The van der Waals surface area contributed by atoms with Crippen LogP contribution in [-0.4, -0.2) is 62.5 Å². The van der Waals surface area contributed by atoms with Crippen LogP contribution in [0.1, 0.15) is 33.7 Å². The highest BCUT2D eigenvalue weighted by atomic mass is 16.5. The molecule has 1 saturated heterocycles. The van der Waals surface area contributed by atoms with Crippen LogP contribution in [0.25, 0.3) is 5.69 Å². The number of hydrogen-bond acceptors (Lipinski definition) is 6. The molecule has 0 bridgehead atoms. The van der Waals surface area contributed by atoms with Crippen molar-refractivity contribution in [2.24, 2.45) is 5.73 Å². The van der Waals surface area contributed by atoms with Crippen LogP contribution in [0.15, 0.2) is 18.2 Å². The minimum atomic E-state index is -1.70. The Labute approximate surface area is 166 Å². The van der Waals surface area contributed by atoms with Gasteiger partial charge in [0.25, 0.3) is 11.8 Å². The number of ether oxygens (including phenoxy) is 1. The van der Waals surface area contributed by atoms with Gasteiger partial charge in [-0.25, -0.2) is 4.68 Å². The quantitative estimate of drug-likeness (QED) is 0.578. The number of likely N-dealkylation sites (tertiary alicyclic amines) is 1. The van der Waals surface area contributed by atoms with Gasteiger partial charge in [0.15, 0.2) is 5.69 Å². The van der Waals surface area contributed by atoms with Crippen molar-refractivity contribution in [2.75, 3.05) is 20.2 Å². The van der Waals surface area contributed by atoms with E-state index in [4.69, 9.17) is 10.5 Å². The molecular weight excluding hydrogens is 376 g/mol. The number of aliphatic hydroxyl groups excluding tert-OH is 1. The summed E-state index contributed by atoms with van der Waals surface area (Å²) in [7, 11) is 1.62. The van der Waals surface area contributed by atoms with Gasteiger partial charge in [0.1, 0.15) is 11.4 Å². The summed E-state index contributed by atoms with van der Waals surface area (Å²) in [4.78, 5) is 25.3. The van der Waals surface area contributed by atoms with E-state index in [9.17, 15) is 19.8 Å². The van der Waals surface area contributed by atoms with Gasteiger partial charge in [-0.2, -0.15) is 5.10 Å². The highest BCUT2D eigenvalue weighted by molar-refractivity contribution is 5.92. The summed E-state index contributed by atoms with van der Waals surface area (Å²) >= 11 is 0. The van der Waals surface area contributed by atoms with Gasteiger partial charge in [-0.3, -0.25) is 9.59 Å². The van der Waals surface area contributed by atoms with Gasteiger partial charge in [0, 0.05) is 37.6 Å². The molecule has 0 aliphatic carbocycles. The fourth-order valence-corrected chi connectivity index (χ4v) is 3.59. The maximum absolute atomic E-state index is 12.1. The normalized spacial score (nSPS) is 20.2. The molecule has 1 fully saturated rings. The van der Waals surface area contributed by atoms with Crippen LogP contribution >= 0.6 is 0 Å². The summed E-state index contributed by atoms with van der Waals surface area (Å²) < 4.78 is 7.29. The molecule has 0 radical (unpaired) electrons. The van der Waals surface area contributed by atoms with Gasteiger partial charge in [0.05, 0.1) is 18.9 Å². The van der Waals surface area contributed by atoms with Crippen LogP contribution in [0.3, 0.4) is 0 Å². The van der Waals surface area contributed by atoms with E-state index in [1.807, 2.05) is 0 Å². The Hall–Kier alpha value is -3.35. The van der Waals surface area contributed by atoms with Gasteiger partial charge in [-0.15, -0.1) is 0 Å². The molecule has 150 valence electrons. The molecule has 29 heavy (non-hydrogen) atoms. The second-order valence-electron chi connectivity index (χ2n) is 7.08. The average molecular weight is 396 g/mol. The van der Waals surface area contributed by atoms with Crippen molar-refractivity contribution >= 4 is 11.8 Å². The molecule has 9 nitrogen and oxygen atoms in total. The summed E-state index contributed by atoms with van der Waals surface area (Å²) in [6, 6.07) is 5.13. The smallest absolute Gasteiger partial charge is 0.269 e. The van der Waals surface area contributed by atoms with Crippen molar-refractivity contribution in [3.63, 3.8) is 0 Å². The molecule has 4 rings (SSSR count). The topological polar surface area (TPSA) is 131 Å². The number of likely N-dealkylation sites (N-methyl/N-ethyl adjacent to an activating group) is 1. The number of amides is 2. The second-order valence-corrected chi connectivity index (χ2v) is 7.08. The number of rotatable bonds is 2. The molecule has 9 heteroatoms. The Morgan fingerprint density at radius 2 is 2.24 bits per heavy atom. The van der Waals surface area contributed by atoms with Gasteiger partial charge < -0.3 is 25.6 Å². The Kier molecular flexibility index (Phi) is 4.53. The molecule has 2 aliphatic heterocycles. The van der Waals surface area contributed by atoms with Crippen LogP contribution < -0.4 is 10.5 Å². The van der Waals surface area contributed by atoms with E-state index in [0.29, 0.717) is 47.8 Å². The molecule has 0 saturated carbocycles. The minimum Gasteiger partial charge on any atom is -0.491 e. The van der Waals surface area contributed by atoms with Gasteiger partial charge in [-0.05, 0) is 18.2 Å². The molecule has 1 aromatic heterocycles. The van der Waals surface area contributed by atoms with Crippen molar-refractivity contribution in [1.82, 2.24) is 14.7 Å². The summed E-state index contributed by atoms with van der Waals surface area (Å²) in [5.41, 5.74) is 5.81. The number of nitrogens with zero attached hydrogens (tertiary/aromatic N) is 3. The average Bonchev–Trinajstić information content (AvgIpc) is 3.13. The molecule has 2 amide bonds. The first kappa shape index (κ1) is 19.0. The van der Waals surface area contributed by atoms with Crippen LogP contribution in [-0.2, 0) is 17.8 Å². The molecule has 4 N–H and O–H groups in total. The summed E-state index contributed by atoms with van der Waals surface area (Å²) in [5, 5.41) is 24.5. The van der Waals surface area contributed by atoms with Crippen molar-refractivity contribution in [2.45, 2.75) is 25.0 Å². The molecular formula is C20H20N4O5. The number of aromatic nitrogens is 2. The van der Waals surface area contributed by atoms with E-state index in [1.54, 1.807) is 25.2 Å². The largest absolute Gasteiger partial charge is 0.491 e. The summed E-state index contributed by atoms with van der Waals surface area (Å²) in [6.45, 7) is 0.416. The number of nitrogens with two attached hydrogens (primary N) is 1. The number of hydrogen-bond donors (Lipinski definition) is 3. The lowest BCUT2D eigenvalue weighted by atomic mass is 10.0. The zero-order valence-corrected chi connectivity index (χ0v) is 15.8. The molecule has 2 aliphatic rings. The van der Waals surface area contributed by atoms with E-state index in [2.05, 4.69) is 16.9 Å². The van der Waals surface area contributed by atoms with Gasteiger partial charge in [0.2, 0.25) is 5.60 Å². The van der Waals surface area contributed by atoms with Gasteiger partial charge >= 0.3 is 0 Å². The molecule has 2 aromatic rings. The molecule has 1 atom stereocenters. The zero-order valence-electron chi connectivity index (χ0n) is 15.8. The van der Waals surface area contributed by atoms with Crippen LogP contribution in [0.5, 0.6) is 5.75 Å². The first-order valence-electron chi connectivity index (χ1n) is 9.14. The SMILES string of the molecule is CN1CC[C@@](O)(C#Cc2ccc3c(c2)-n2nc(C(N)=O)c(CO)c2CCO3)C1=O. The lowest BCUT2D eigenvalue weighted by molar-refractivity contribution is -0.137. The monoisotopic (exact) mass is 396 g/mol. The van der Waals surface area contributed by atoms with Crippen LogP contribution in [0.4, 0.5) is 0 Å². The lowest BCUT2D eigenvalue weighted by Crippen LogP contribution is -2.37. The lowest BCUT2D eigenvalue weighted by Gasteiger charge is -2.13. The van der Waals surface area contributed by atoms with E-state index in [0.717, 1.165) is 0 Å². The van der Waals surface area contributed by atoms with Crippen molar-refractivity contribution < 1.29 is 24.5 Å². The molecule has 0 unspecified atom stereocenters. The number of aliphatic hydroxyl groups is 2. The zero-order chi connectivity index (χ0) is 20.8. The summed E-state index contributed by atoms with van der Waals surface area (Å²) in [6.07, 6.45) is 0.682. The van der Waals surface area contributed by atoms with Crippen molar-refractivity contribution in [3.05, 3.63) is 40.7 Å². The number of carbonyl (C=O) groups excluding carboxylic acids is 2. The van der Waals surface area contributed by atoms with Crippen molar-refractivity contribution in [3.8, 4) is 23.3 Å². The predicted octanol–water partition coefficient (Wildman–Crippen LogP) is -0.657. The summed E-state index contributed by atoms with van der Waals surface area (Å²) in [5.74, 6) is 4.92. The Morgan fingerprint density at radius 1 is 1.45 bits per heavy atom. The predicted molar refractivity (Wildman–Crippen MR) is 101 cm³/mol. The van der Waals surface area contributed by atoms with Crippen LogP contribution in [0.2, 0.25) is 0 Å². The fraction of sp³-hybridized carbons (Fsp3) is 0.350. The standard InChI is InChI=1S/C20H20N4O5/c1-23-8-7-20(28,19(23)27)6-4-12-2-3-16-15(10-12)24-14(5-9-29-16)13(11-25)17(22-24)18(21)26/h2-3,10,25,28H,5,7-9,11H2,1H3,(H2,21,26)/t20-/m0/s1. The van der Waals surface area contributed by atoms with E-state index < -0.39 is 17.4 Å². The minimum absolute atomic E-state index is 0.0146. The van der Waals surface area contributed by atoms with Crippen molar-refractivity contribution in [1.29, 1.82) is 0 Å². The third-order valence-electron chi connectivity index (χ3n) is 5.19.